The summed E-state index contributed by atoms with van der Waals surface area (Å²) >= 11 is 0. The van der Waals surface area contributed by atoms with Crippen molar-refractivity contribution < 1.29 is 23.9 Å². The van der Waals surface area contributed by atoms with Crippen LogP contribution in [0.2, 0.25) is 0 Å². The lowest BCUT2D eigenvalue weighted by atomic mass is 9.76. The van der Waals surface area contributed by atoms with E-state index in [1.54, 1.807) is 0 Å². The average molecular weight is 479 g/mol. The van der Waals surface area contributed by atoms with Gasteiger partial charge in [-0.25, -0.2) is 4.79 Å². The maximum Gasteiger partial charge on any atom is 0.325 e. The van der Waals surface area contributed by atoms with Crippen molar-refractivity contribution in [3.8, 4) is 5.75 Å². The molecular formula is C26H30N4O5. The molecule has 0 bridgehead atoms. The van der Waals surface area contributed by atoms with E-state index in [9.17, 15) is 19.2 Å². The lowest BCUT2D eigenvalue weighted by Gasteiger charge is -2.33. The van der Waals surface area contributed by atoms with Crippen LogP contribution in [0.25, 0.3) is 0 Å². The predicted octanol–water partition coefficient (Wildman–Crippen LogP) is 2.43. The van der Waals surface area contributed by atoms with E-state index in [0.717, 1.165) is 40.0 Å². The number of rotatable bonds is 6. The van der Waals surface area contributed by atoms with E-state index < -0.39 is 35.8 Å². The highest BCUT2D eigenvalue weighted by molar-refractivity contribution is 6.09. The van der Waals surface area contributed by atoms with Gasteiger partial charge in [-0.05, 0) is 60.4 Å². The summed E-state index contributed by atoms with van der Waals surface area (Å²) in [6, 6.07) is 12.7. The monoisotopic (exact) mass is 478 g/mol. The van der Waals surface area contributed by atoms with Crippen LogP contribution in [0.1, 0.15) is 54.9 Å². The largest absolute Gasteiger partial charge is 0.483 e. The average Bonchev–Trinajstić information content (AvgIpc) is 3.06. The van der Waals surface area contributed by atoms with Crippen LogP contribution < -0.4 is 20.9 Å². The first kappa shape index (κ1) is 24.3. The van der Waals surface area contributed by atoms with Crippen LogP contribution in [0.4, 0.5) is 4.79 Å². The number of fused-ring (bicyclic) bond motifs is 2. The van der Waals surface area contributed by atoms with Crippen LogP contribution in [0.15, 0.2) is 42.5 Å². The molecule has 184 valence electrons. The Hall–Kier alpha value is -3.88. The summed E-state index contributed by atoms with van der Waals surface area (Å²) in [6.45, 7) is 5.19. The smallest absolute Gasteiger partial charge is 0.325 e. The molecule has 1 aliphatic heterocycles. The number of hydrogen-bond acceptors (Lipinski definition) is 5. The van der Waals surface area contributed by atoms with Crippen molar-refractivity contribution >= 4 is 23.8 Å². The van der Waals surface area contributed by atoms with Crippen molar-refractivity contribution in [1.82, 2.24) is 21.1 Å². The molecule has 9 nitrogen and oxygen atoms in total. The van der Waals surface area contributed by atoms with Gasteiger partial charge in [0.2, 0.25) is 0 Å². The van der Waals surface area contributed by atoms with E-state index in [1.807, 2.05) is 63.2 Å². The number of imide groups is 1. The fraction of sp³-hybridized carbons (Fsp3) is 0.385. The van der Waals surface area contributed by atoms with Crippen molar-refractivity contribution in [3.05, 3.63) is 64.7 Å². The number of nitrogens with one attached hydrogen (secondary N) is 3. The molecule has 5 amide bonds. The van der Waals surface area contributed by atoms with Gasteiger partial charge >= 0.3 is 6.03 Å². The molecule has 35 heavy (non-hydrogen) atoms. The topological polar surface area (TPSA) is 117 Å². The molecule has 1 heterocycles. The fourth-order valence-electron chi connectivity index (χ4n) is 4.70. The van der Waals surface area contributed by atoms with Gasteiger partial charge in [0.1, 0.15) is 17.8 Å². The molecule has 1 saturated heterocycles. The molecule has 0 aromatic heterocycles. The second kappa shape index (κ2) is 9.77. The van der Waals surface area contributed by atoms with E-state index in [-0.39, 0.29) is 12.5 Å². The Kier molecular flexibility index (Phi) is 6.77. The normalized spacial score (nSPS) is 18.9. The summed E-state index contributed by atoms with van der Waals surface area (Å²) in [5.41, 5.74) is 7.15. The third-order valence-corrected chi connectivity index (χ3v) is 6.44. The zero-order valence-electron chi connectivity index (χ0n) is 20.1. The minimum absolute atomic E-state index is 0.219. The Labute approximate surface area is 204 Å². The van der Waals surface area contributed by atoms with Crippen LogP contribution in [-0.4, -0.2) is 41.8 Å². The number of hydrazine groups is 1. The maximum absolute atomic E-state index is 13.3. The Morgan fingerprint density at radius 1 is 1.11 bits per heavy atom. The number of nitrogens with zero attached hydrogens (tertiary/aromatic N) is 1. The first-order valence-electron chi connectivity index (χ1n) is 11.7. The highest BCUT2D eigenvalue weighted by Gasteiger charge is 2.54. The summed E-state index contributed by atoms with van der Waals surface area (Å²) in [4.78, 5) is 51.4. The standard InChI is InChI=1S/C26H30N4O5/c1-16(2)19-11-10-17(3)13-21(19)35-15-23(32)29-28-22(31)14-30-24(33)26(27-25(30)34)12-6-8-18-7-4-5-9-20(18)26/h4-5,7,9-11,13,16H,6,8,12,14-15H2,1-3H3,(H,27,34)(H,28,31)(H,29,32). The SMILES string of the molecule is Cc1ccc(C(C)C)c(OCC(=O)NNC(=O)CN2C(=O)NC3(CCCc4ccccc43)C2=O)c1. The van der Waals surface area contributed by atoms with Gasteiger partial charge in [0.05, 0.1) is 0 Å². The van der Waals surface area contributed by atoms with E-state index in [2.05, 4.69) is 16.2 Å². The van der Waals surface area contributed by atoms with Gasteiger partial charge in [-0.2, -0.15) is 0 Å². The summed E-state index contributed by atoms with van der Waals surface area (Å²) in [5, 5.41) is 2.80. The van der Waals surface area contributed by atoms with Gasteiger partial charge < -0.3 is 10.1 Å². The first-order chi connectivity index (χ1) is 16.7. The molecule has 1 aliphatic carbocycles. The zero-order chi connectivity index (χ0) is 25.2. The molecule has 1 unspecified atom stereocenters. The van der Waals surface area contributed by atoms with Crippen molar-refractivity contribution in [2.24, 2.45) is 0 Å². The molecule has 3 N–H and O–H groups in total. The van der Waals surface area contributed by atoms with Gasteiger partial charge in [0, 0.05) is 0 Å². The van der Waals surface area contributed by atoms with Crippen molar-refractivity contribution in [2.75, 3.05) is 13.2 Å². The quantitative estimate of drug-likeness (QED) is 0.436. The Bertz CT molecular complexity index is 1180. The maximum atomic E-state index is 13.3. The highest BCUT2D eigenvalue weighted by atomic mass is 16.5. The number of ether oxygens (including phenoxy) is 1. The molecule has 9 heteroatoms. The second-order valence-electron chi connectivity index (χ2n) is 9.32. The third kappa shape index (κ3) is 4.84. The number of amides is 5. The number of benzene rings is 2. The van der Waals surface area contributed by atoms with Gasteiger partial charge in [0.25, 0.3) is 17.7 Å². The Morgan fingerprint density at radius 2 is 1.86 bits per heavy atom. The number of carbonyl (C=O) groups excluding carboxylic acids is 4. The molecule has 0 radical (unpaired) electrons. The lowest BCUT2D eigenvalue weighted by Crippen LogP contribution is -2.50. The van der Waals surface area contributed by atoms with Crippen molar-refractivity contribution in [3.63, 3.8) is 0 Å². The van der Waals surface area contributed by atoms with Gasteiger partial charge in [-0.15, -0.1) is 0 Å². The van der Waals surface area contributed by atoms with Crippen LogP contribution in [0, 0.1) is 6.92 Å². The summed E-state index contributed by atoms with van der Waals surface area (Å²) in [6.07, 6.45) is 2.05. The minimum Gasteiger partial charge on any atom is -0.483 e. The fourth-order valence-corrected chi connectivity index (χ4v) is 4.70. The number of urea groups is 1. The van der Waals surface area contributed by atoms with Crippen molar-refractivity contribution in [2.45, 2.75) is 51.5 Å². The lowest BCUT2D eigenvalue weighted by molar-refractivity contribution is -0.136. The Morgan fingerprint density at radius 3 is 2.63 bits per heavy atom. The minimum atomic E-state index is -1.15. The number of hydrogen-bond donors (Lipinski definition) is 3. The zero-order valence-corrected chi connectivity index (χ0v) is 20.1. The van der Waals surface area contributed by atoms with Crippen molar-refractivity contribution in [1.29, 1.82) is 0 Å². The molecule has 2 aromatic rings. The third-order valence-electron chi connectivity index (χ3n) is 6.44. The predicted molar refractivity (Wildman–Crippen MR) is 128 cm³/mol. The summed E-state index contributed by atoms with van der Waals surface area (Å²) in [7, 11) is 0. The highest BCUT2D eigenvalue weighted by Crippen LogP contribution is 2.39. The van der Waals surface area contributed by atoms with Crippen LogP contribution in [0.3, 0.4) is 0 Å². The molecular weight excluding hydrogens is 448 g/mol. The van der Waals surface area contributed by atoms with Crippen LogP contribution >= 0.6 is 0 Å². The van der Waals surface area contributed by atoms with Crippen LogP contribution in [0.5, 0.6) is 5.75 Å². The van der Waals surface area contributed by atoms with Gasteiger partial charge in [-0.1, -0.05) is 50.2 Å². The number of aryl methyl sites for hydroxylation is 2. The van der Waals surface area contributed by atoms with E-state index >= 15 is 0 Å². The molecule has 2 aliphatic rings. The van der Waals surface area contributed by atoms with E-state index in [4.69, 9.17) is 4.74 Å². The molecule has 1 fully saturated rings. The summed E-state index contributed by atoms with van der Waals surface area (Å²) in [5.74, 6) is -0.887. The molecule has 4 rings (SSSR count). The summed E-state index contributed by atoms with van der Waals surface area (Å²) < 4.78 is 5.66. The number of carbonyl (C=O) groups is 4. The van der Waals surface area contributed by atoms with Gasteiger partial charge in [-0.3, -0.25) is 30.1 Å². The molecule has 1 atom stereocenters. The van der Waals surface area contributed by atoms with Crippen LogP contribution in [-0.2, 0) is 26.3 Å². The van der Waals surface area contributed by atoms with E-state index in [1.165, 1.54) is 0 Å². The molecule has 0 saturated carbocycles. The second-order valence-corrected chi connectivity index (χ2v) is 9.32. The first-order valence-corrected chi connectivity index (χ1v) is 11.7. The van der Waals surface area contributed by atoms with E-state index in [0.29, 0.717) is 12.2 Å². The van der Waals surface area contributed by atoms with Gasteiger partial charge in [0.15, 0.2) is 6.61 Å². The molecule has 2 aromatic carbocycles. The Balaban J connectivity index is 1.33. The molecule has 1 spiro atoms.